The predicted molar refractivity (Wildman–Crippen MR) is 97.1 cm³/mol. The average molecular weight is 569 g/mol. The number of hydrogen-bond acceptors (Lipinski definition) is 9. The highest BCUT2D eigenvalue weighted by atomic mass is 128. The van der Waals surface area contributed by atoms with Crippen LogP contribution in [-0.2, 0) is 14.3 Å². The summed E-state index contributed by atoms with van der Waals surface area (Å²) in [6, 6.07) is -0.812. The number of primary amides is 1. The zero-order valence-electron chi connectivity index (χ0n) is 12.5. The van der Waals surface area contributed by atoms with Gasteiger partial charge >= 0.3 is 5.97 Å². The smallest absolute Gasteiger partial charge is 0.322 e. The number of nitrogens with two attached hydrogens (primary N) is 2. The van der Waals surface area contributed by atoms with Gasteiger partial charge in [-0.1, -0.05) is 0 Å². The summed E-state index contributed by atoms with van der Waals surface area (Å²) in [6.07, 6.45) is -3.58. The molecule has 6 N–H and O–H groups in total. The molecule has 0 aromatic carbocycles. The lowest BCUT2D eigenvalue weighted by atomic mass is 10.1. The van der Waals surface area contributed by atoms with Gasteiger partial charge in [-0.05, 0) is 6.92 Å². The van der Waals surface area contributed by atoms with Gasteiger partial charge in [0.2, 0.25) is 5.82 Å². The Morgan fingerprint density at radius 1 is 1.46 bits per heavy atom. The first-order chi connectivity index (χ1) is 11.3. The van der Waals surface area contributed by atoms with E-state index in [-0.39, 0.29) is 12.4 Å². The van der Waals surface area contributed by atoms with E-state index >= 15 is 0 Å². The molecular formula is C11H17I2N5O6. The van der Waals surface area contributed by atoms with Crippen LogP contribution in [0.5, 0.6) is 0 Å². The minimum atomic E-state index is -1.35. The van der Waals surface area contributed by atoms with Crippen molar-refractivity contribution in [3.8, 4) is 0 Å². The number of aliphatic hydroxyl groups excluding tert-OH is 2. The van der Waals surface area contributed by atoms with Gasteiger partial charge in [-0.15, -0.1) is 5.10 Å². The molecule has 0 bridgehead atoms. The minimum absolute atomic E-state index is 0.253. The van der Waals surface area contributed by atoms with E-state index in [1.165, 1.54) is 6.92 Å². The van der Waals surface area contributed by atoms with Crippen LogP contribution in [0.4, 0.5) is 0 Å². The molecule has 1 aromatic rings. The lowest BCUT2D eigenvalue weighted by Gasteiger charge is -2.15. The number of nitrogens with zero attached hydrogens (tertiary/aromatic N) is 3. The molecule has 1 saturated heterocycles. The Morgan fingerprint density at radius 2 is 2.08 bits per heavy atom. The fraction of sp³-hybridized carbons (Fsp3) is 0.636. The third-order valence-corrected chi connectivity index (χ3v) is 3.09. The molecule has 24 heavy (non-hydrogen) atoms. The summed E-state index contributed by atoms with van der Waals surface area (Å²) in [5.41, 5.74) is 10.4. The van der Waals surface area contributed by atoms with E-state index in [0.717, 1.165) is 11.0 Å². The molecule has 0 unspecified atom stereocenters. The number of amides is 1. The van der Waals surface area contributed by atoms with Crippen LogP contribution < -0.4 is 11.5 Å². The molecule has 0 aliphatic carbocycles. The van der Waals surface area contributed by atoms with Crippen LogP contribution >= 0.6 is 37.2 Å². The number of halogens is 2. The van der Waals surface area contributed by atoms with Crippen molar-refractivity contribution in [2.24, 2.45) is 11.5 Å². The van der Waals surface area contributed by atoms with E-state index in [1.807, 2.05) is 0 Å². The number of aliphatic hydroxyl groups is 2. The number of hydrogen-bond donors (Lipinski definition) is 4. The number of ether oxygens (including phenoxy) is 2. The summed E-state index contributed by atoms with van der Waals surface area (Å²) in [6.45, 7) is 1.17. The van der Waals surface area contributed by atoms with Crippen molar-refractivity contribution >= 4 is 49.1 Å². The van der Waals surface area contributed by atoms with E-state index in [9.17, 15) is 19.8 Å². The SMILES string of the molecule is C[C@H](N)C(=O)OC[C@H]1O[C@@H](n2cnc(C(N)=O)n2)[C@H](O)[C@@H]1O.II. The van der Waals surface area contributed by atoms with E-state index < -0.39 is 42.5 Å². The number of esters is 1. The third kappa shape index (κ3) is 5.19. The summed E-state index contributed by atoms with van der Waals surface area (Å²) >= 11 is 4.24. The van der Waals surface area contributed by atoms with Gasteiger partial charge in [0.05, 0.1) is 0 Å². The molecule has 1 aromatic heterocycles. The molecular weight excluding hydrogens is 552 g/mol. The fourth-order valence-corrected chi connectivity index (χ4v) is 1.89. The zero-order chi connectivity index (χ0) is 18.4. The molecule has 13 heteroatoms. The van der Waals surface area contributed by atoms with E-state index in [4.69, 9.17) is 20.9 Å². The van der Waals surface area contributed by atoms with Crippen molar-refractivity contribution in [1.82, 2.24) is 14.8 Å². The molecule has 1 aliphatic rings. The van der Waals surface area contributed by atoms with Crippen LogP contribution in [0.2, 0.25) is 0 Å². The summed E-state index contributed by atoms with van der Waals surface area (Å²) < 4.78 is 11.3. The van der Waals surface area contributed by atoms with Crippen molar-refractivity contribution in [1.29, 1.82) is 0 Å². The summed E-state index contributed by atoms with van der Waals surface area (Å²) in [5, 5.41) is 23.6. The number of aromatic nitrogens is 3. The second-order valence-electron chi connectivity index (χ2n) is 4.88. The average Bonchev–Trinajstić information content (AvgIpc) is 3.14. The largest absolute Gasteiger partial charge is 0.462 e. The van der Waals surface area contributed by atoms with E-state index in [0.29, 0.717) is 0 Å². The molecule has 1 fully saturated rings. The molecule has 0 spiro atoms. The summed E-state index contributed by atoms with van der Waals surface area (Å²) in [5.74, 6) is -1.75. The van der Waals surface area contributed by atoms with Crippen molar-refractivity contribution in [3.63, 3.8) is 0 Å². The van der Waals surface area contributed by atoms with Crippen LogP contribution in [0.25, 0.3) is 0 Å². The van der Waals surface area contributed by atoms with Gasteiger partial charge in [-0.3, -0.25) is 9.59 Å². The maximum Gasteiger partial charge on any atom is 0.322 e. The molecule has 2 rings (SSSR count). The number of rotatable bonds is 5. The summed E-state index contributed by atoms with van der Waals surface area (Å²) in [4.78, 5) is 25.9. The van der Waals surface area contributed by atoms with Crippen molar-refractivity contribution in [3.05, 3.63) is 12.2 Å². The predicted octanol–water partition coefficient (Wildman–Crippen LogP) is -1.34. The molecule has 1 aliphatic heterocycles. The lowest BCUT2D eigenvalue weighted by Crippen LogP contribution is -2.36. The van der Waals surface area contributed by atoms with Crippen LogP contribution in [-0.4, -0.2) is 67.8 Å². The highest BCUT2D eigenvalue weighted by molar-refractivity contribution is 15.0. The maximum atomic E-state index is 11.3. The minimum Gasteiger partial charge on any atom is -0.462 e. The Balaban J connectivity index is 0.00000139. The van der Waals surface area contributed by atoms with Crippen LogP contribution in [0.3, 0.4) is 0 Å². The van der Waals surface area contributed by atoms with E-state index in [2.05, 4.69) is 47.3 Å². The highest BCUT2D eigenvalue weighted by Gasteiger charge is 2.45. The van der Waals surface area contributed by atoms with Crippen LogP contribution in [0.1, 0.15) is 23.8 Å². The van der Waals surface area contributed by atoms with E-state index in [1.54, 1.807) is 0 Å². The molecule has 1 amide bonds. The maximum absolute atomic E-state index is 11.3. The van der Waals surface area contributed by atoms with Crippen molar-refractivity contribution in [2.75, 3.05) is 6.61 Å². The zero-order valence-corrected chi connectivity index (χ0v) is 16.8. The topological polar surface area (TPSA) is 176 Å². The van der Waals surface area contributed by atoms with Crippen LogP contribution in [0, 0.1) is 0 Å². The molecule has 0 saturated carbocycles. The third-order valence-electron chi connectivity index (χ3n) is 3.09. The first kappa shape index (κ1) is 21.4. The van der Waals surface area contributed by atoms with Gasteiger partial charge in [0.25, 0.3) is 5.91 Å². The van der Waals surface area contributed by atoms with Crippen molar-refractivity contribution < 1.29 is 29.3 Å². The van der Waals surface area contributed by atoms with Gasteiger partial charge in [0, 0.05) is 37.2 Å². The first-order valence-corrected chi connectivity index (χ1v) is 12.9. The Bertz CT molecular complexity index is 571. The Kier molecular flexibility index (Phi) is 8.71. The van der Waals surface area contributed by atoms with Gasteiger partial charge < -0.3 is 31.2 Å². The van der Waals surface area contributed by atoms with Gasteiger partial charge in [-0.2, -0.15) is 0 Å². The number of carbonyl (C=O) groups excluding carboxylic acids is 2. The molecule has 0 radical (unpaired) electrons. The molecule has 136 valence electrons. The Labute approximate surface area is 160 Å². The van der Waals surface area contributed by atoms with Gasteiger partial charge in [0.1, 0.15) is 37.3 Å². The standard InChI is InChI=1S/C11H17N5O6.I2/c1-4(12)11(20)21-2-5-6(17)7(18)10(22-5)16-3-14-9(15-16)8(13)19;1-2/h3-7,10,17-18H,2,12H2,1H3,(H2,13,19);/t4-,5+,6+,7+,10+;/m0./s1. The van der Waals surface area contributed by atoms with Gasteiger partial charge in [0.15, 0.2) is 6.23 Å². The molecule has 11 nitrogen and oxygen atoms in total. The monoisotopic (exact) mass is 569 g/mol. The van der Waals surface area contributed by atoms with Crippen molar-refractivity contribution in [2.45, 2.75) is 37.5 Å². The second-order valence-corrected chi connectivity index (χ2v) is 4.88. The quantitative estimate of drug-likeness (QED) is 0.247. The Hall–Kier alpha value is -0.620. The van der Waals surface area contributed by atoms with Gasteiger partial charge in [-0.25, -0.2) is 9.67 Å². The van der Waals surface area contributed by atoms with Crippen LogP contribution in [0.15, 0.2) is 6.33 Å². The highest BCUT2D eigenvalue weighted by Crippen LogP contribution is 2.28. The molecule has 2 heterocycles. The summed E-state index contributed by atoms with van der Waals surface area (Å²) in [7, 11) is 0. The lowest BCUT2D eigenvalue weighted by molar-refractivity contribution is -0.151. The second kappa shape index (κ2) is 9.76. The number of carbonyl (C=O) groups is 2. The first-order valence-electron chi connectivity index (χ1n) is 6.60. The normalized spacial score (nSPS) is 27.1. The molecule has 5 atom stereocenters. The fourth-order valence-electron chi connectivity index (χ4n) is 1.89. The Morgan fingerprint density at radius 3 is 2.58 bits per heavy atom.